The Morgan fingerprint density at radius 3 is 2.37 bits per heavy atom. The summed E-state index contributed by atoms with van der Waals surface area (Å²) in [4.78, 5) is 3.60. The molecule has 1 saturated heterocycles. The number of nitrogens with zero attached hydrogens (tertiary/aromatic N) is 1. The number of hydrogen-bond acceptors (Lipinski definition) is 4. The van der Waals surface area contributed by atoms with Crippen molar-refractivity contribution in [1.82, 2.24) is 4.98 Å². The highest BCUT2D eigenvalue weighted by molar-refractivity contribution is 6.63. The van der Waals surface area contributed by atoms with Gasteiger partial charge in [0.1, 0.15) is 0 Å². The van der Waals surface area contributed by atoms with Crippen molar-refractivity contribution in [2.24, 2.45) is 0 Å². The van der Waals surface area contributed by atoms with Crippen LogP contribution < -0.4 is 10.2 Å². The van der Waals surface area contributed by atoms with Crippen molar-refractivity contribution in [1.29, 1.82) is 0 Å². The summed E-state index contributed by atoms with van der Waals surface area (Å²) in [5, 5.41) is 0. The molecule has 1 aromatic rings. The van der Waals surface area contributed by atoms with E-state index in [2.05, 4.69) is 4.98 Å². The van der Waals surface area contributed by atoms with E-state index >= 15 is 0 Å². The van der Waals surface area contributed by atoms with Gasteiger partial charge in [0.05, 0.1) is 17.8 Å². The van der Waals surface area contributed by atoms with Crippen molar-refractivity contribution in [3.05, 3.63) is 18.2 Å². The molecular formula is C13H19BFNO3. The van der Waals surface area contributed by atoms with Crippen LogP contribution in [0.1, 0.15) is 34.6 Å². The first kappa shape index (κ1) is 14.3. The fourth-order valence-corrected chi connectivity index (χ4v) is 1.88. The third-order valence-corrected chi connectivity index (χ3v) is 3.69. The first-order valence-corrected chi connectivity index (χ1v) is 6.41. The molecule has 0 unspecified atom stereocenters. The largest absolute Gasteiger partial charge is 0.498 e. The van der Waals surface area contributed by atoms with Crippen LogP contribution in [0.5, 0.6) is 5.75 Å². The van der Waals surface area contributed by atoms with Crippen LogP contribution in [0.15, 0.2) is 12.3 Å². The lowest BCUT2D eigenvalue weighted by Gasteiger charge is -2.32. The molecule has 0 aromatic carbocycles. The van der Waals surface area contributed by atoms with Gasteiger partial charge < -0.3 is 14.0 Å². The summed E-state index contributed by atoms with van der Waals surface area (Å²) in [5.74, 6) is -0.544. The van der Waals surface area contributed by atoms with Crippen LogP contribution >= 0.6 is 0 Å². The topological polar surface area (TPSA) is 40.6 Å². The van der Waals surface area contributed by atoms with Gasteiger partial charge in [0, 0.05) is 11.7 Å². The Kier molecular flexibility index (Phi) is 3.58. The van der Waals surface area contributed by atoms with Gasteiger partial charge in [-0.2, -0.15) is 4.39 Å². The van der Waals surface area contributed by atoms with Crippen molar-refractivity contribution < 1.29 is 18.4 Å². The van der Waals surface area contributed by atoms with E-state index in [1.807, 2.05) is 27.7 Å². The molecule has 2 rings (SSSR count). The molecular weight excluding hydrogens is 248 g/mol. The van der Waals surface area contributed by atoms with Crippen molar-refractivity contribution in [3.8, 4) is 5.75 Å². The number of rotatable bonds is 3. The summed E-state index contributed by atoms with van der Waals surface area (Å²) >= 11 is 0. The van der Waals surface area contributed by atoms with Gasteiger partial charge in [-0.15, -0.1) is 0 Å². The van der Waals surface area contributed by atoms with Crippen LogP contribution in [0.2, 0.25) is 0 Å². The molecule has 104 valence electrons. The first-order valence-electron chi connectivity index (χ1n) is 6.41. The Morgan fingerprint density at radius 2 is 1.84 bits per heavy atom. The quantitative estimate of drug-likeness (QED) is 0.619. The van der Waals surface area contributed by atoms with Gasteiger partial charge in [-0.1, -0.05) is 0 Å². The van der Waals surface area contributed by atoms with Crippen LogP contribution in [-0.4, -0.2) is 29.9 Å². The van der Waals surface area contributed by atoms with Gasteiger partial charge in [0.15, 0.2) is 5.75 Å². The molecule has 1 aliphatic heterocycles. The fourth-order valence-electron chi connectivity index (χ4n) is 1.88. The molecule has 4 nitrogen and oxygen atoms in total. The SMILES string of the molecule is CCOc1c(B2OC(C)(C)C(C)(C)O2)ccnc1F. The van der Waals surface area contributed by atoms with E-state index in [-0.39, 0.29) is 5.75 Å². The summed E-state index contributed by atoms with van der Waals surface area (Å²) in [6.45, 7) is 9.95. The van der Waals surface area contributed by atoms with E-state index < -0.39 is 24.3 Å². The molecule has 0 amide bonds. The van der Waals surface area contributed by atoms with Gasteiger partial charge in [-0.05, 0) is 40.7 Å². The van der Waals surface area contributed by atoms with Gasteiger partial charge in [0.25, 0.3) is 5.95 Å². The zero-order valence-corrected chi connectivity index (χ0v) is 12.0. The van der Waals surface area contributed by atoms with Crippen LogP contribution in [-0.2, 0) is 9.31 Å². The maximum atomic E-state index is 13.7. The van der Waals surface area contributed by atoms with Crippen LogP contribution in [0, 0.1) is 5.95 Å². The van der Waals surface area contributed by atoms with Crippen molar-refractivity contribution >= 4 is 12.6 Å². The lowest BCUT2D eigenvalue weighted by atomic mass is 9.79. The fraction of sp³-hybridized carbons (Fsp3) is 0.615. The summed E-state index contributed by atoms with van der Waals surface area (Å²) in [6.07, 6.45) is 1.39. The summed E-state index contributed by atoms with van der Waals surface area (Å²) in [5.41, 5.74) is -0.407. The predicted molar refractivity (Wildman–Crippen MR) is 71.1 cm³/mol. The molecule has 6 heteroatoms. The zero-order chi connectivity index (χ0) is 14.3. The second-order valence-corrected chi connectivity index (χ2v) is 5.54. The van der Waals surface area contributed by atoms with E-state index in [1.165, 1.54) is 6.20 Å². The molecule has 1 aromatic heterocycles. The molecule has 0 N–H and O–H groups in total. The minimum atomic E-state index is -0.649. The van der Waals surface area contributed by atoms with Gasteiger partial charge in [-0.3, -0.25) is 0 Å². The maximum Gasteiger partial charge on any atom is 0.498 e. The summed E-state index contributed by atoms with van der Waals surface area (Å²) < 4.78 is 30.8. The monoisotopic (exact) mass is 267 g/mol. The van der Waals surface area contributed by atoms with Crippen LogP contribution in [0.25, 0.3) is 0 Å². The van der Waals surface area contributed by atoms with Crippen molar-refractivity contribution in [2.75, 3.05) is 6.61 Å². The minimum absolute atomic E-state index is 0.100. The van der Waals surface area contributed by atoms with E-state index in [0.717, 1.165) is 0 Å². The molecule has 2 heterocycles. The molecule has 0 spiro atoms. The van der Waals surface area contributed by atoms with Crippen LogP contribution in [0.4, 0.5) is 4.39 Å². The minimum Gasteiger partial charge on any atom is -0.489 e. The Labute approximate surface area is 113 Å². The van der Waals surface area contributed by atoms with E-state index in [0.29, 0.717) is 12.1 Å². The highest BCUT2D eigenvalue weighted by Gasteiger charge is 2.52. The van der Waals surface area contributed by atoms with Crippen LogP contribution in [0.3, 0.4) is 0 Å². The number of halogens is 1. The highest BCUT2D eigenvalue weighted by Crippen LogP contribution is 2.37. The average Bonchev–Trinajstić information content (AvgIpc) is 2.51. The Bertz CT molecular complexity index is 463. The van der Waals surface area contributed by atoms with E-state index in [4.69, 9.17) is 14.0 Å². The Balaban J connectivity index is 2.37. The summed E-state index contributed by atoms with van der Waals surface area (Å²) in [7, 11) is -0.649. The maximum absolute atomic E-state index is 13.7. The number of hydrogen-bond donors (Lipinski definition) is 0. The van der Waals surface area contributed by atoms with E-state index in [1.54, 1.807) is 13.0 Å². The van der Waals surface area contributed by atoms with Crippen molar-refractivity contribution in [3.63, 3.8) is 0 Å². The highest BCUT2D eigenvalue weighted by atomic mass is 19.1. The number of aromatic nitrogens is 1. The average molecular weight is 267 g/mol. The third kappa shape index (κ3) is 2.47. The Morgan fingerprint density at radius 1 is 1.26 bits per heavy atom. The zero-order valence-electron chi connectivity index (χ0n) is 12.0. The standard InChI is InChI=1S/C13H19BFNO3/c1-6-17-10-9(7-8-16-11(10)15)14-18-12(2,3)13(4,5)19-14/h7-8H,6H2,1-5H3. The van der Waals surface area contributed by atoms with Gasteiger partial charge in [-0.25, -0.2) is 4.98 Å². The van der Waals surface area contributed by atoms with Gasteiger partial charge in [0.2, 0.25) is 0 Å². The molecule has 0 radical (unpaired) electrons. The molecule has 0 saturated carbocycles. The van der Waals surface area contributed by atoms with Gasteiger partial charge >= 0.3 is 7.12 Å². The lowest BCUT2D eigenvalue weighted by molar-refractivity contribution is 0.00578. The molecule has 19 heavy (non-hydrogen) atoms. The molecule has 0 aliphatic carbocycles. The first-order chi connectivity index (χ1) is 8.78. The number of pyridine rings is 1. The lowest BCUT2D eigenvalue weighted by Crippen LogP contribution is -2.41. The second-order valence-electron chi connectivity index (χ2n) is 5.54. The summed E-state index contributed by atoms with van der Waals surface area (Å²) in [6, 6.07) is 1.66. The van der Waals surface area contributed by atoms with Crippen molar-refractivity contribution in [2.45, 2.75) is 45.8 Å². The second kappa shape index (κ2) is 4.76. The predicted octanol–water partition coefficient (Wildman–Crippen LogP) is 1.92. The van der Waals surface area contributed by atoms with E-state index in [9.17, 15) is 4.39 Å². The molecule has 0 bridgehead atoms. The third-order valence-electron chi connectivity index (χ3n) is 3.69. The molecule has 1 fully saturated rings. The molecule has 0 atom stereocenters. The smallest absolute Gasteiger partial charge is 0.489 e. The normalized spacial score (nSPS) is 20.6. The number of ether oxygens (including phenoxy) is 1. The molecule has 1 aliphatic rings. The Hall–Kier alpha value is -1.14.